The van der Waals surface area contributed by atoms with Crippen LogP contribution in [0.5, 0.6) is 5.75 Å². The van der Waals surface area contributed by atoms with E-state index in [0.717, 1.165) is 5.56 Å². The highest BCUT2D eigenvalue weighted by Crippen LogP contribution is 2.35. The van der Waals surface area contributed by atoms with Crippen LogP contribution in [0.15, 0.2) is 42.5 Å². The molecule has 2 aromatic carbocycles. The lowest BCUT2D eigenvalue weighted by atomic mass is 10.0. The van der Waals surface area contributed by atoms with Crippen LogP contribution in [-0.4, -0.2) is 42.5 Å². The van der Waals surface area contributed by atoms with Crippen molar-refractivity contribution >= 4 is 41.5 Å². The van der Waals surface area contributed by atoms with Gasteiger partial charge in [-0.15, -0.1) is 12.4 Å². The molecule has 6 nitrogen and oxygen atoms in total. The minimum absolute atomic E-state index is 0. The quantitative estimate of drug-likeness (QED) is 0.780. The largest absolute Gasteiger partial charge is 0.478 e. The number of carbonyl (C=O) groups is 2. The van der Waals surface area contributed by atoms with E-state index >= 15 is 0 Å². The maximum Gasteiger partial charge on any atom is 0.265 e. The zero-order chi connectivity index (χ0) is 19.0. The van der Waals surface area contributed by atoms with Gasteiger partial charge in [0, 0.05) is 24.7 Å². The molecular weight excluding hydrogens is 401 g/mol. The number of halogens is 2. The van der Waals surface area contributed by atoms with Crippen LogP contribution in [0.2, 0.25) is 5.02 Å². The minimum atomic E-state index is -0.641. The molecule has 0 aromatic heterocycles. The molecule has 0 radical (unpaired) electrons. The predicted molar refractivity (Wildman–Crippen MR) is 111 cm³/mol. The Morgan fingerprint density at radius 1 is 1.25 bits per heavy atom. The molecule has 4 rings (SSSR count). The first kappa shape index (κ1) is 20.5. The number of ether oxygens (including phenoxy) is 1. The molecule has 2 aromatic rings. The number of nitrogens with zero attached hydrogens (tertiary/aromatic N) is 1. The lowest BCUT2D eigenvalue weighted by Crippen LogP contribution is -2.49. The Morgan fingerprint density at radius 2 is 2.04 bits per heavy atom. The Morgan fingerprint density at radius 3 is 2.82 bits per heavy atom. The third kappa shape index (κ3) is 3.81. The van der Waals surface area contributed by atoms with Crippen LogP contribution in [0.1, 0.15) is 28.9 Å². The molecule has 148 valence electrons. The molecule has 2 amide bonds. The molecule has 8 heteroatoms. The first-order chi connectivity index (χ1) is 13.0. The molecular formula is C20H21Cl2N3O3. The molecule has 2 atom stereocenters. The lowest BCUT2D eigenvalue weighted by Gasteiger charge is -2.37. The fourth-order valence-electron chi connectivity index (χ4n) is 3.51. The van der Waals surface area contributed by atoms with Crippen molar-refractivity contribution in [2.45, 2.75) is 19.1 Å². The van der Waals surface area contributed by atoms with Crippen molar-refractivity contribution in [1.29, 1.82) is 0 Å². The van der Waals surface area contributed by atoms with Crippen LogP contribution >= 0.6 is 24.0 Å². The van der Waals surface area contributed by atoms with Crippen LogP contribution < -0.4 is 15.4 Å². The lowest BCUT2D eigenvalue weighted by molar-refractivity contribution is -0.122. The van der Waals surface area contributed by atoms with Crippen molar-refractivity contribution in [3.05, 3.63) is 58.6 Å². The van der Waals surface area contributed by atoms with Gasteiger partial charge in [-0.1, -0.05) is 29.8 Å². The number of fused-ring (bicyclic) bond motifs is 1. The summed E-state index contributed by atoms with van der Waals surface area (Å²) in [5.41, 5.74) is 1.96. The van der Waals surface area contributed by atoms with Gasteiger partial charge in [0.15, 0.2) is 11.9 Å². The van der Waals surface area contributed by atoms with Gasteiger partial charge in [-0.25, -0.2) is 0 Å². The second-order valence-electron chi connectivity index (χ2n) is 6.71. The predicted octanol–water partition coefficient (Wildman–Crippen LogP) is 3.27. The number of piperazine rings is 1. The zero-order valence-electron chi connectivity index (χ0n) is 15.3. The first-order valence-electron chi connectivity index (χ1n) is 8.92. The summed E-state index contributed by atoms with van der Waals surface area (Å²) in [7, 11) is 0. The molecule has 1 fully saturated rings. The molecule has 0 saturated carbocycles. The van der Waals surface area contributed by atoms with Crippen molar-refractivity contribution in [1.82, 2.24) is 10.2 Å². The maximum absolute atomic E-state index is 13.4. The molecule has 0 aliphatic carbocycles. The molecule has 0 bridgehead atoms. The Labute approximate surface area is 174 Å². The molecule has 1 saturated heterocycles. The summed E-state index contributed by atoms with van der Waals surface area (Å²) in [6.45, 7) is 3.60. The number of rotatable bonds is 2. The molecule has 2 aliphatic heterocycles. The van der Waals surface area contributed by atoms with Gasteiger partial charge in [0.1, 0.15) is 0 Å². The Hall–Kier alpha value is -2.28. The normalized spacial score (nSPS) is 21.1. The third-order valence-electron chi connectivity index (χ3n) is 4.90. The van der Waals surface area contributed by atoms with Crippen LogP contribution in [0.4, 0.5) is 5.69 Å². The summed E-state index contributed by atoms with van der Waals surface area (Å²) in [6, 6.07) is 12.7. The Kier molecular flexibility index (Phi) is 6.13. The second kappa shape index (κ2) is 8.39. The van der Waals surface area contributed by atoms with Gasteiger partial charge in [0.05, 0.1) is 17.3 Å². The number of anilines is 1. The van der Waals surface area contributed by atoms with Gasteiger partial charge in [-0.05, 0) is 36.8 Å². The first-order valence-corrected chi connectivity index (χ1v) is 9.30. The standard InChI is InChI=1S/C20H20ClN3O3.ClH/c1-12-19(25)23-16-7-3-6-15(18(16)27-12)20(26)24-9-8-22-11-17(24)13-4-2-5-14(21)10-13;/h2-7,10,12,17,22H,8-9,11H2,1H3,(H,23,25);1H. The highest BCUT2D eigenvalue weighted by atomic mass is 35.5. The van der Waals surface area contributed by atoms with E-state index in [2.05, 4.69) is 10.6 Å². The Bertz CT molecular complexity index is 906. The van der Waals surface area contributed by atoms with Crippen LogP contribution in [0, 0.1) is 0 Å². The maximum atomic E-state index is 13.4. The molecule has 0 spiro atoms. The summed E-state index contributed by atoms with van der Waals surface area (Å²) < 4.78 is 5.75. The van der Waals surface area contributed by atoms with Crippen molar-refractivity contribution in [2.75, 3.05) is 25.0 Å². The number of amides is 2. The zero-order valence-corrected chi connectivity index (χ0v) is 16.8. The number of hydrogen-bond donors (Lipinski definition) is 2. The van der Waals surface area contributed by atoms with Crippen LogP contribution in [0.3, 0.4) is 0 Å². The van der Waals surface area contributed by atoms with E-state index in [0.29, 0.717) is 41.7 Å². The van der Waals surface area contributed by atoms with Gasteiger partial charge in [-0.3, -0.25) is 9.59 Å². The minimum Gasteiger partial charge on any atom is -0.478 e. The monoisotopic (exact) mass is 421 g/mol. The van der Waals surface area contributed by atoms with Gasteiger partial charge < -0.3 is 20.3 Å². The third-order valence-corrected chi connectivity index (χ3v) is 5.14. The summed E-state index contributed by atoms with van der Waals surface area (Å²) in [5.74, 6) is 0.0886. The average Bonchev–Trinajstić information content (AvgIpc) is 2.68. The van der Waals surface area contributed by atoms with E-state index in [1.54, 1.807) is 25.1 Å². The number of benzene rings is 2. The van der Waals surface area contributed by atoms with Crippen LogP contribution in [-0.2, 0) is 4.79 Å². The fraction of sp³-hybridized carbons (Fsp3) is 0.300. The summed E-state index contributed by atoms with van der Waals surface area (Å²) in [4.78, 5) is 27.1. The van der Waals surface area contributed by atoms with Gasteiger partial charge >= 0.3 is 0 Å². The van der Waals surface area contributed by atoms with E-state index < -0.39 is 6.10 Å². The van der Waals surface area contributed by atoms with Crippen molar-refractivity contribution in [3.8, 4) is 5.75 Å². The van der Waals surface area contributed by atoms with E-state index in [-0.39, 0.29) is 30.3 Å². The van der Waals surface area contributed by atoms with Gasteiger partial charge in [0.25, 0.3) is 11.8 Å². The van der Waals surface area contributed by atoms with E-state index in [1.807, 2.05) is 29.2 Å². The smallest absolute Gasteiger partial charge is 0.265 e. The summed E-state index contributed by atoms with van der Waals surface area (Å²) in [5, 5.41) is 6.77. The van der Waals surface area contributed by atoms with Crippen molar-refractivity contribution in [2.24, 2.45) is 0 Å². The SMILES string of the molecule is CC1Oc2c(cccc2C(=O)N2CCNCC2c2cccc(Cl)c2)NC1=O.Cl. The average molecular weight is 422 g/mol. The number of carbonyl (C=O) groups excluding carboxylic acids is 2. The molecule has 28 heavy (non-hydrogen) atoms. The second-order valence-corrected chi connectivity index (χ2v) is 7.14. The number of nitrogens with one attached hydrogen (secondary N) is 2. The summed E-state index contributed by atoms with van der Waals surface area (Å²) in [6.07, 6.45) is -0.641. The van der Waals surface area contributed by atoms with E-state index in [1.165, 1.54) is 0 Å². The summed E-state index contributed by atoms with van der Waals surface area (Å²) >= 11 is 6.15. The number of hydrogen-bond acceptors (Lipinski definition) is 4. The van der Waals surface area contributed by atoms with Gasteiger partial charge in [-0.2, -0.15) is 0 Å². The van der Waals surface area contributed by atoms with Crippen molar-refractivity contribution < 1.29 is 14.3 Å². The highest BCUT2D eigenvalue weighted by molar-refractivity contribution is 6.30. The Balaban J connectivity index is 0.00000225. The van der Waals surface area contributed by atoms with E-state index in [9.17, 15) is 9.59 Å². The molecule has 2 N–H and O–H groups in total. The molecule has 2 unspecified atom stereocenters. The van der Waals surface area contributed by atoms with E-state index in [4.69, 9.17) is 16.3 Å². The number of para-hydroxylation sites is 1. The van der Waals surface area contributed by atoms with Crippen molar-refractivity contribution in [3.63, 3.8) is 0 Å². The molecule has 2 heterocycles. The highest BCUT2D eigenvalue weighted by Gasteiger charge is 2.33. The molecule has 2 aliphatic rings. The van der Waals surface area contributed by atoms with Gasteiger partial charge in [0.2, 0.25) is 0 Å². The topological polar surface area (TPSA) is 70.7 Å². The fourth-order valence-corrected chi connectivity index (χ4v) is 3.71. The van der Waals surface area contributed by atoms with Crippen LogP contribution in [0.25, 0.3) is 0 Å².